The molecule has 0 saturated heterocycles. The first-order valence-electron chi connectivity index (χ1n) is 10.5. The lowest BCUT2D eigenvalue weighted by Gasteiger charge is -2.20. The molecule has 0 aliphatic carbocycles. The maximum atomic E-state index is 12.7. The van der Waals surface area contributed by atoms with Crippen LogP contribution in [0, 0.1) is 0 Å². The molecule has 176 valence electrons. The van der Waals surface area contributed by atoms with Gasteiger partial charge in [-0.05, 0) is 24.6 Å². The summed E-state index contributed by atoms with van der Waals surface area (Å²) in [6.45, 7) is 3.84. The second-order valence-electron chi connectivity index (χ2n) is 7.49. The van der Waals surface area contributed by atoms with Crippen molar-refractivity contribution in [3.8, 4) is 5.95 Å². The average Bonchev–Trinajstić information content (AvgIpc) is 3.48. The number of carboxylic acids is 1. The van der Waals surface area contributed by atoms with Gasteiger partial charge in [-0.15, -0.1) is 0 Å². The van der Waals surface area contributed by atoms with Crippen molar-refractivity contribution in [2.75, 3.05) is 26.8 Å². The molecule has 0 fully saturated rings. The molecule has 2 N–H and O–H groups in total. The van der Waals surface area contributed by atoms with Gasteiger partial charge in [-0.25, -0.2) is 14.5 Å². The van der Waals surface area contributed by atoms with Crippen LogP contribution in [0.2, 0.25) is 0 Å². The van der Waals surface area contributed by atoms with Crippen LogP contribution in [-0.2, 0) is 11.3 Å². The zero-order chi connectivity index (χ0) is 24.2. The fourth-order valence-corrected chi connectivity index (χ4v) is 3.45. The topological polar surface area (TPSA) is 148 Å². The molecule has 0 radical (unpaired) electrons. The molecule has 0 atom stereocenters. The number of likely N-dealkylation sites (N-methyl/N-ethyl adjacent to an activating group) is 1. The van der Waals surface area contributed by atoms with Gasteiger partial charge in [0, 0.05) is 32.0 Å². The Morgan fingerprint density at radius 2 is 1.97 bits per heavy atom. The summed E-state index contributed by atoms with van der Waals surface area (Å²) in [7, 11) is 1.60. The number of nitrogens with one attached hydrogen (secondary N) is 1. The first-order valence-corrected chi connectivity index (χ1v) is 10.5. The number of H-pyrrole nitrogens is 1. The molecular formula is C22H23N7O5. The van der Waals surface area contributed by atoms with E-state index >= 15 is 0 Å². The SMILES string of the molecule is CCN(CCOC)C(=O)c1ccc(Cn2cnc3c(=O)[nH]c(-n4cc(C(=O)O)cn4)nc32)cc1. The van der Waals surface area contributed by atoms with Crippen molar-refractivity contribution in [2.45, 2.75) is 13.5 Å². The molecule has 3 aromatic heterocycles. The van der Waals surface area contributed by atoms with Gasteiger partial charge in [0.05, 0.1) is 31.2 Å². The summed E-state index contributed by atoms with van der Waals surface area (Å²) in [5, 5.41) is 13.0. The molecule has 0 bridgehead atoms. The van der Waals surface area contributed by atoms with Crippen molar-refractivity contribution in [3.63, 3.8) is 0 Å². The molecule has 3 heterocycles. The second-order valence-corrected chi connectivity index (χ2v) is 7.49. The van der Waals surface area contributed by atoms with Gasteiger partial charge in [-0.3, -0.25) is 14.6 Å². The van der Waals surface area contributed by atoms with Crippen LogP contribution in [0.25, 0.3) is 17.1 Å². The van der Waals surface area contributed by atoms with Crippen LogP contribution >= 0.6 is 0 Å². The van der Waals surface area contributed by atoms with Crippen molar-refractivity contribution in [1.29, 1.82) is 0 Å². The molecule has 4 rings (SSSR count). The lowest BCUT2D eigenvalue weighted by molar-refractivity contribution is 0.0692. The van der Waals surface area contributed by atoms with Crippen LogP contribution in [0.1, 0.15) is 33.2 Å². The van der Waals surface area contributed by atoms with Gasteiger partial charge < -0.3 is 19.3 Å². The van der Waals surface area contributed by atoms with E-state index in [1.807, 2.05) is 19.1 Å². The fourth-order valence-electron chi connectivity index (χ4n) is 3.45. The Bertz CT molecular complexity index is 1390. The van der Waals surface area contributed by atoms with Gasteiger partial charge in [0.25, 0.3) is 11.5 Å². The first-order chi connectivity index (χ1) is 16.4. The summed E-state index contributed by atoms with van der Waals surface area (Å²) in [6, 6.07) is 7.19. The molecule has 0 aliphatic rings. The number of aromatic carboxylic acids is 1. The number of methoxy groups -OCH3 is 1. The number of rotatable bonds is 9. The number of carbonyl (C=O) groups is 2. The van der Waals surface area contributed by atoms with Crippen molar-refractivity contribution in [3.05, 3.63) is 70.0 Å². The third-order valence-corrected chi connectivity index (χ3v) is 5.30. The first kappa shape index (κ1) is 22.9. The molecule has 0 spiro atoms. The number of fused-ring (bicyclic) bond motifs is 1. The average molecular weight is 465 g/mol. The third-order valence-electron chi connectivity index (χ3n) is 5.30. The summed E-state index contributed by atoms with van der Waals surface area (Å²) >= 11 is 0. The number of benzene rings is 1. The number of nitrogens with zero attached hydrogens (tertiary/aromatic N) is 6. The number of amides is 1. The lowest BCUT2D eigenvalue weighted by atomic mass is 10.1. The van der Waals surface area contributed by atoms with Crippen molar-refractivity contribution in [1.82, 2.24) is 34.2 Å². The Kier molecular flexibility index (Phi) is 6.50. The summed E-state index contributed by atoms with van der Waals surface area (Å²) in [5.41, 5.74) is 1.42. The number of imidazole rings is 1. The number of carboxylic acid groups (broad SMARTS) is 1. The van der Waals surface area contributed by atoms with Gasteiger partial charge in [-0.1, -0.05) is 12.1 Å². The van der Waals surface area contributed by atoms with Crippen LogP contribution in [0.4, 0.5) is 0 Å². The molecule has 0 saturated carbocycles. The maximum Gasteiger partial charge on any atom is 0.338 e. The number of ether oxygens (including phenoxy) is 1. The minimum atomic E-state index is -1.14. The van der Waals surface area contributed by atoms with Crippen molar-refractivity contribution < 1.29 is 19.4 Å². The fraction of sp³-hybridized carbons (Fsp3) is 0.273. The monoisotopic (exact) mass is 465 g/mol. The number of hydrogen-bond acceptors (Lipinski definition) is 7. The van der Waals surface area contributed by atoms with Gasteiger partial charge >= 0.3 is 5.97 Å². The van der Waals surface area contributed by atoms with E-state index in [-0.39, 0.29) is 22.9 Å². The van der Waals surface area contributed by atoms with Crippen LogP contribution < -0.4 is 5.56 Å². The number of hydrogen-bond donors (Lipinski definition) is 2. The van der Waals surface area contributed by atoms with Gasteiger partial charge in [0.2, 0.25) is 5.95 Å². The smallest absolute Gasteiger partial charge is 0.338 e. The predicted octanol–water partition coefficient (Wildman–Crippen LogP) is 1.16. The molecule has 1 amide bonds. The highest BCUT2D eigenvalue weighted by atomic mass is 16.5. The Morgan fingerprint density at radius 3 is 2.62 bits per heavy atom. The Hall–Kier alpha value is -4.32. The van der Waals surface area contributed by atoms with Gasteiger partial charge in [0.1, 0.15) is 0 Å². The molecule has 12 nitrogen and oxygen atoms in total. The second kappa shape index (κ2) is 9.67. The summed E-state index contributed by atoms with van der Waals surface area (Å²) in [4.78, 5) is 49.2. The van der Waals surface area contributed by atoms with Crippen molar-refractivity contribution in [2.24, 2.45) is 0 Å². The minimum absolute atomic E-state index is 0.0326. The summed E-state index contributed by atoms with van der Waals surface area (Å²) in [5.74, 6) is -1.14. The molecule has 0 unspecified atom stereocenters. The van der Waals surface area contributed by atoms with E-state index in [1.165, 1.54) is 23.4 Å². The van der Waals surface area contributed by atoms with E-state index in [0.29, 0.717) is 37.5 Å². The lowest BCUT2D eigenvalue weighted by Crippen LogP contribution is -2.33. The van der Waals surface area contributed by atoms with E-state index in [4.69, 9.17) is 9.84 Å². The molecule has 34 heavy (non-hydrogen) atoms. The Labute approximate surface area is 193 Å². The number of aromatic amines is 1. The van der Waals surface area contributed by atoms with Gasteiger partial charge in [-0.2, -0.15) is 10.1 Å². The standard InChI is InChI=1S/C22H23N7O5/c1-3-27(8-9-34-2)20(31)15-6-4-14(5-7-15)11-28-13-23-17-18(28)25-22(26-19(17)30)29-12-16(10-24-29)21(32)33/h4-7,10,12-13H,3,8-9,11H2,1-2H3,(H,32,33)(H,25,26,30). The predicted molar refractivity (Wildman–Crippen MR) is 121 cm³/mol. The minimum Gasteiger partial charge on any atom is -0.478 e. The number of carbonyl (C=O) groups excluding carboxylic acids is 1. The Morgan fingerprint density at radius 1 is 1.21 bits per heavy atom. The van der Waals surface area contributed by atoms with E-state index < -0.39 is 11.5 Å². The van der Waals surface area contributed by atoms with E-state index in [0.717, 1.165) is 5.56 Å². The molecule has 12 heteroatoms. The zero-order valence-electron chi connectivity index (χ0n) is 18.6. The largest absolute Gasteiger partial charge is 0.478 e. The summed E-state index contributed by atoms with van der Waals surface area (Å²) < 4.78 is 7.95. The molecule has 0 aliphatic heterocycles. The van der Waals surface area contributed by atoms with Crippen LogP contribution in [0.15, 0.2) is 47.8 Å². The molecule has 4 aromatic rings. The van der Waals surface area contributed by atoms with Crippen molar-refractivity contribution >= 4 is 23.0 Å². The van der Waals surface area contributed by atoms with Crippen LogP contribution in [-0.4, -0.2) is 78.0 Å². The van der Waals surface area contributed by atoms with E-state index in [1.54, 1.807) is 28.7 Å². The quantitative estimate of drug-likeness (QED) is 0.374. The maximum absolute atomic E-state index is 12.7. The Balaban J connectivity index is 1.58. The number of aromatic nitrogens is 6. The molecule has 1 aromatic carbocycles. The normalized spacial score (nSPS) is 11.1. The highest BCUT2D eigenvalue weighted by Crippen LogP contribution is 2.13. The van der Waals surface area contributed by atoms with E-state index in [2.05, 4.69) is 20.1 Å². The third kappa shape index (κ3) is 4.57. The van der Waals surface area contributed by atoms with Crippen LogP contribution in [0.3, 0.4) is 0 Å². The van der Waals surface area contributed by atoms with Crippen LogP contribution in [0.5, 0.6) is 0 Å². The van der Waals surface area contributed by atoms with E-state index in [9.17, 15) is 14.4 Å². The summed E-state index contributed by atoms with van der Waals surface area (Å²) in [6.07, 6.45) is 3.93. The highest BCUT2D eigenvalue weighted by Gasteiger charge is 2.16. The zero-order valence-corrected chi connectivity index (χ0v) is 18.6. The van der Waals surface area contributed by atoms with Gasteiger partial charge in [0.15, 0.2) is 11.2 Å². The molecular weight excluding hydrogens is 442 g/mol. The highest BCUT2D eigenvalue weighted by molar-refractivity contribution is 5.94.